The van der Waals surface area contributed by atoms with Crippen LogP contribution in [0.25, 0.3) is 44.5 Å². The Labute approximate surface area is 810 Å². The van der Waals surface area contributed by atoms with Crippen LogP contribution in [0.5, 0.6) is 23.0 Å². The molecule has 0 radical (unpaired) electrons. The normalized spacial score (nSPS) is 17.9. The maximum Gasteiger partial charge on any atom is 0.194 e. The second-order valence-electron chi connectivity index (χ2n) is 37.4. The van der Waals surface area contributed by atoms with Crippen LogP contribution in [0.4, 0.5) is 105 Å². The minimum Gasteiger partial charge on any atom is -0.483 e. The number of benzene rings is 12. The first-order valence-electron chi connectivity index (χ1n) is 48.3. The summed E-state index contributed by atoms with van der Waals surface area (Å²) in [6, 6.07) is 32.1. The molecule has 0 heterocycles. The highest BCUT2D eigenvalue weighted by Gasteiger charge is 2.31. The molecule has 0 aromatic heterocycles. The largest absolute Gasteiger partial charge is 0.483 e. The minimum absolute atomic E-state index is 0.0000350. The van der Waals surface area contributed by atoms with Crippen LogP contribution in [-0.2, 0) is 26.4 Å². The molecular weight excluding hydrogens is 1890 g/mol. The standard InChI is InChI=1S/C30H30F6O.C29H28F6O.C28H26F6O.C27H24F6O/c1-2-3-4-5-18-6-8-20(9-7-18)21-10-11-23(24(31)14-21)22-15-27(34)30(28(35)16-22)37-17-19-12-25(32)29(36)26(33)13-19;1-2-3-4-17-5-7-19(8-6-17)20-9-10-22(23(30)13-20)21-14-26(33)29(27(34)15-21)36-16-18-11-24(31)28(35)25(32)12-18;1-2-3-16-4-6-18(7-5-16)19-8-9-21(22(29)12-19)20-13-25(32)28(26(33)14-20)35-15-17-10-23(30)27(34)24(31)11-17;1-2-15-3-5-17(6-4-15)18-7-8-20(21(28)11-18)19-12-24(31)27(25(32)13-19)34-14-16-9-22(29)26(33)23(30)10-16/h10-16,18,20H,2-9,17H2,1H3;9-15,17,19H,2-8,16H2,1H3;8-14,16,18H,2-7,15H2,1H3;7-13,15,17H,2-6,14H2,1H3. The molecule has 0 unspecified atom stereocenters. The van der Waals surface area contributed by atoms with Gasteiger partial charge in [-0.15, -0.1) is 0 Å². The van der Waals surface area contributed by atoms with Gasteiger partial charge in [-0.2, -0.15) is 0 Å². The Balaban J connectivity index is 0.000000159. The van der Waals surface area contributed by atoms with Crippen LogP contribution in [0.2, 0.25) is 0 Å². The summed E-state index contributed by atoms with van der Waals surface area (Å²) >= 11 is 0. The van der Waals surface area contributed by atoms with Gasteiger partial charge in [-0.3, -0.25) is 0 Å². The lowest BCUT2D eigenvalue weighted by atomic mass is 9.77. The molecule has 28 heteroatoms. The first-order valence-corrected chi connectivity index (χ1v) is 48.3. The van der Waals surface area contributed by atoms with E-state index in [1.165, 1.54) is 106 Å². The third kappa shape index (κ3) is 27.6. The molecule has 4 nitrogen and oxygen atoms in total. The fourth-order valence-electron chi connectivity index (χ4n) is 19.7. The van der Waals surface area contributed by atoms with Crippen molar-refractivity contribution < 1.29 is 124 Å². The SMILES string of the molecule is CCC1CCC(c2ccc(-c3cc(F)c(OCc4cc(F)c(F)c(F)c4)c(F)c3)c(F)c2)CC1.CCCC1CCC(c2ccc(-c3cc(F)c(OCc4cc(F)c(F)c(F)c4)c(F)c3)c(F)c2)CC1.CCCCC1CCC(c2ccc(-c3cc(F)c(OCc4cc(F)c(F)c(F)c4)c(F)c3)c(F)c2)CC1.CCCCCC1CCC(c2ccc(-c3cc(F)c(OCc4cc(F)c(F)c(F)c4)c(F)c3)c(F)c2)CC1. The van der Waals surface area contributed by atoms with E-state index in [0.29, 0.717) is 54.4 Å². The lowest BCUT2D eigenvalue weighted by molar-refractivity contribution is 0.272. The molecule has 0 amide bonds. The third-order valence-corrected chi connectivity index (χ3v) is 27.6. The van der Waals surface area contributed by atoms with Gasteiger partial charge in [0.2, 0.25) is 0 Å². The molecule has 4 fully saturated rings. The average Bonchev–Trinajstić information content (AvgIpc) is 0.802. The van der Waals surface area contributed by atoms with Crippen molar-refractivity contribution in [1.29, 1.82) is 0 Å². The highest BCUT2D eigenvalue weighted by atomic mass is 19.2. The number of hydrogen-bond acceptors (Lipinski definition) is 4. The van der Waals surface area contributed by atoms with Crippen LogP contribution in [0, 0.1) is 163 Å². The summed E-state index contributed by atoms with van der Waals surface area (Å²) < 4.78 is 356. The summed E-state index contributed by atoms with van der Waals surface area (Å²) in [6.07, 6.45) is 29.2. The van der Waals surface area contributed by atoms with Crippen LogP contribution in [0.3, 0.4) is 0 Å². The van der Waals surface area contributed by atoms with Crippen molar-refractivity contribution in [2.45, 2.75) is 245 Å². The second kappa shape index (κ2) is 49.9. The van der Waals surface area contributed by atoms with E-state index in [2.05, 4.69) is 27.7 Å². The van der Waals surface area contributed by atoms with Crippen LogP contribution in [-0.4, -0.2) is 0 Å². The lowest BCUT2D eigenvalue weighted by Gasteiger charge is -2.29. The lowest BCUT2D eigenvalue weighted by Crippen LogP contribution is -2.13. The predicted octanol–water partition coefficient (Wildman–Crippen LogP) is 36.1. The Kier molecular flexibility index (Phi) is 37.8. The molecule has 16 rings (SSSR count). The van der Waals surface area contributed by atoms with Crippen molar-refractivity contribution in [3.05, 3.63) is 354 Å². The smallest absolute Gasteiger partial charge is 0.194 e. The maximum atomic E-state index is 15.0. The predicted molar refractivity (Wildman–Crippen MR) is 497 cm³/mol. The van der Waals surface area contributed by atoms with Gasteiger partial charge in [0.05, 0.1) is 0 Å². The quantitative estimate of drug-likeness (QED) is 0.0255. The van der Waals surface area contributed by atoms with Crippen molar-refractivity contribution in [1.82, 2.24) is 0 Å². The maximum absolute atomic E-state index is 15.0. The fraction of sp³-hybridized carbons (Fsp3) is 0.368. The van der Waals surface area contributed by atoms with Crippen molar-refractivity contribution in [3.63, 3.8) is 0 Å². The molecule has 0 spiro atoms. The Bertz CT molecular complexity index is 6160. The monoisotopic (exact) mass is 2000 g/mol. The topological polar surface area (TPSA) is 36.9 Å². The molecule has 4 saturated carbocycles. The van der Waals surface area contributed by atoms with Crippen molar-refractivity contribution in [2.24, 2.45) is 23.7 Å². The third-order valence-electron chi connectivity index (χ3n) is 27.6. The molecule has 4 aliphatic carbocycles. The van der Waals surface area contributed by atoms with Gasteiger partial charge in [0, 0.05) is 22.3 Å². The van der Waals surface area contributed by atoms with Gasteiger partial charge in [0.15, 0.2) is 139 Å². The Morgan fingerprint density at radius 3 is 0.599 bits per heavy atom. The Hall–Kier alpha value is -11.8. The summed E-state index contributed by atoms with van der Waals surface area (Å²) in [5.41, 5.74) is 3.23. The average molecular weight is 2000 g/mol. The number of hydrogen-bond donors (Lipinski definition) is 0. The number of halogens is 24. The molecule has 0 bridgehead atoms. The van der Waals surface area contributed by atoms with Gasteiger partial charge in [0.25, 0.3) is 0 Å². The van der Waals surface area contributed by atoms with E-state index in [0.717, 1.165) is 198 Å². The zero-order chi connectivity index (χ0) is 102. The van der Waals surface area contributed by atoms with Crippen LogP contribution in [0.1, 0.15) is 263 Å². The molecule has 756 valence electrons. The van der Waals surface area contributed by atoms with Gasteiger partial charge >= 0.3 is 0 Å². The summed E-state index contributed by atoms with van der Waals surface area (Å²) in [6.45, 7) is 6.37. The molecule has 0 N–H and O–H groups in total. The molecule has 12 aromatic rings. The molecule has 0 atom stereocenters. The molecule has 4 aliphatic rings. The number of rotatable bonds is 30. The van der Waals surface area contributed by atoms with E-state index < -0.39 is 189 Å². The van der Waals surface area contributed by atoms with Gasteiger partial charge < -0.3 is 18.9 Å². The highest BCUT2D eigenvalue weighted by Crippen LogP contribution is 2.46. The molecule has 0 aliphatic heterocycles. The van der Waals surface area contributed by atoms with E-state index in [1.54, 1.807) is 12.1 Å². The summed E-state index contributed by atoms with van der Waals surface area (Å²) in [5.74, 6) is -28.2. The highest BCUT2D eigenvalue weighted by molar-refractivity contribution is 5.70. The fourth-order valence-corrected chi connectivity index (χ4v) is 19.7. The van der Waals surface area contributed by atoms with Crippen molar-refractivity contribution in [2.75, 3.05) is 0 Å². The van der Waals surface area contributed by atoms with Crippen molar-refractivity contribution in [3.8, 4) is 67.5 Å². The second-order valence-corrected chi connectivity index (χ2v) is 37.4. The van der Waals surface area contributed by atoms with Crippen LogP contribution >= 0.6 is 0 Å². The summed E-state index contributed by atoms with van der Waals surface area (Å²) in [4.78, 5) is 0. The van der Waals surface area contributed by atoms with E-state index >= 15 is 4.39 Å². The van der Waals surface area contributed by atoms with Crippen LogP contribution < -0.4 is 18.9 Å². The van der Waals surface area contributed by atoms with E-state index in [1.807, 2.05) is 12.1 Å². The summed E-state index contributed by atoms with van der Waals surface area (Å²) in [7, 11) is 0. The van der Waals surface area contributed by atoms with E-state index in [-0.39, 0.29) is 90.4 Å². The molecule has 142 heavy (non-hydrogen) atoms. The number of ether oxygens (including phenoxy) is 4. The Morgan fingerprint density at radius 1 is 0.197 bits per heavy atom. The van der Waals surface area contributed by atoms with Gasteiger partial charge in [0.1, 0.15) is 49.7 Å². The summed E-state index contributed by atoms with van der Waals surface area (Å²) in [5, 5.41) is 0. The molecule has 0 saturated heterocycles. The van der Waals surface area contributed by atoms with E-state index in [4.69, 9.17) is 18.9 Å². The van der Waals surface area contributed by atoms with Crippen molar-refractivity contribution >= 4 is 0 Å². The van der Waals surface area contributed by atoms with Gasteiger partial charge in [-0.05, 0) is 338 Å². The first-order chi connectivity index (χ1) is 68.0. The van der Waals surface area contributed by atoms with Gasteiger partial charge in [-0.1, -0.05) is 140 Å². The zero-order valence-electron chi connectivity index (χ0n) is 78.7. The first kappa shape index (κ1) is 107. The Morgan fingerprint density at radius 2 is 0.401 bits per heavy atom. The molecule has 12 aromatic carbocycles. The van der Waals surface area contributed by atoms with Crippen LogP contribution in [0.15, 0.2) is 170 Å². The van der Waals surface area contributed by atoms with E-state index in [9.17, 15) is 101 Å². The van der Waals surface area contributed by atoms with Gasteiger partial charge in [-0.25, -0.2) is 105 Å². The zero-order valence-corrected chi connectivity index (χ0v) is 78.7. The molecular formula is C114H108F24O4. The minimum atomic E-state index is -1.65. The number of unbranched alkanes of at least 4 members (excludes halogenated alkanes) is 3.